The normalized spacial score (nSPS) is 10.7. The molecule has 0 radical (unpaired) electrons. The molecule has 0 aliphatic rings. The number of para-hydroxylation sites is 1. The van der Waals surface area contributed by atoms with E-state index in [1.54, 1.807) is 31.4 Å². The van der Waals surface area contributed by atoms with Crippen molar-refractivity contribution in [1.82, 2.24) is 15.3 Å². The maximum absolute atomic E-state index is 12.3. The lowest BCUT2D eigenvalue weighted by atomic mass is 10.2. The number of nitrogens with zero attached hydrogens (tertiary/aromatic N) is 3. The average molecular weight is 447 g/mol. The zero-order valence-corrected chi connectivity index (χ0v) is 18.2. The Labute approximate surface area is 184 Å². The number of anilines is 1. The summed E-state index contributed by atoms with van der Waals surface area (Å²) in [6.45, 7) is 3.14. The Hall–Kier alpha value is -2.90. The SMILES string of the molecule is CC(=O)NCC(=O)N(C)c1ccc(Cl)c(COc2cccc3ncc(C)nc23)c1Cl. The molecule has 0 saturated carbocycles. The van der Waals surface area contributed by atoms with Gasteiger partial charge >= 0.3 is 0 Å². The number of rotatable bonds is 6. The lowest BCUT2D eigenvalue weighted by Gasteiger charge is -2.21. The molecular formula is C21H20Cl2N4O3. The number of aryl methyl sites for hydroxylation is 1. The first-order valence-corrected chi connectivity index (χ1v) is 9.86. The minimum absolute atomic E-state index is 0.0773. The number of benzene rings is 2. The van der Waals surface area contributed by atoms with Gasteiger partial charge in [0.25, 0.3) is 0 Å². The maximum atomic E-state index is 12.3. The fourth-order valence-electron chi connectivity index (χ4n) is 2.79. The van der Waals surface area contributed by atoms with Crippen molar-refractivity contribution in [3.8, 4) is 5.75 Å². The Morgan fingerprint density at radius 3 is 2.70 bits per heavy atom. The smallest absolute Gasteiger partial charge is 0.246 e. The van der Waals surface area contributed by atoms with Crippen molar-refractivity contribution < 1.29 is 14.3 Å². The topological polar surface area (TPSA) is 84.4 Å². The van der Waals surface area contributed by atoms with Crippen molar-refractivity contribution in [3.05, 3.63) is 57.8 Å². The largest absolute Gasteiger partial charge is 0.486 e. The van der Waals surface area contributed by atoms with E-state index in [4.69, 9.17) is 27.9 Å². The summed E-state index contributed by atoms with van der Waals surface area (Å²) in [6.07, 6.45) is 1.69. The third-order valence-electron chi connectivity index (χ3n) is 4.42. The third-order valence-corrected chi connectivity index (χ3v) is 5.19. The van der Waals surface area contributed by atoms with Crippen LogP contribution in [0.4, 0.5) is 5.69 Å². The fraction of sp³-hybridized carbons (Fsp3) is 0.238. The monoisotopic (exact) mass is 446 g/mol. The van der Waals surface area contributed by atoms with Gasteiger partial charge in [-0.2, -0.15) is 0 Å². The lowest BCUT2D eigenvalue weighted by molar-refractivity contribution is -0.123. The number of hydrogen-bond acceptors (Lipinski definition) is 5. The Morgan fingerprint density at radius 2 is 1.97 bits per heavy atom. The number of amides is 2. The molecule has 156 valence electrons. The minimum atomic E-state index is -0.318. The molecule has 0 aliphatic carbocycles. The Bertz CT molecular complexity index is 1120. The highest BCUT2D eigenvalue weighted by molar-refractivity contribution is 6.38. The van der Waals surface area contributed by atoms with Gasteiger partial charge in [0.2, 0.25) is 11.8 Å². The first kappa shape index (κ1) is 21.8. The van der Waals surface area contributed by atoms with Gasteiger partial charge in [0.1, 0.15) is 17.9 Å². The van der Waals surface area contributed by atoms with Crippen LogP contribution in [0.25, 0.3) is 11.0 Å². The molecule has 1 N–H and O–H groups in total. The summed E-state index contributed by atoms with van der Waals surface area (Å²) >= 11 is 12.9. The average Bonchev–Trinajstić information content (AvgIpc) is 2.71. The van der Waals surface area contributed by atoms with Crippen LogP contribution in [0.3, 0.4) is 0 Å². The van der Waals surface area contributed by atoms with Gasteiger partial charge in [0, 0.05) is 30.8 Å². The van der Waals surface area contributed by atoms with Crippen LogP contribution in [0, 0.1) is 6.92 Å². The molecule has 7 nitrogen and oxygen atoms in total. The summed E-state index contributed by atoms with van der Waals surface area (Å²) in [5.41, 5.74) is 3.13. The Kier molecular flexibility index (Phi) is 6.74. The molecule has 9 heteroatoms. The second kappa shape index (κ2) is 9.28. The van der Waals surface area contributed by atoms with Gasteiger partial charge in [0.15, 0.2) is 0 Å². The first-order chi connectivity index (χ1) is 14.3. The number of halogens is 2. The van der Waals surface area contributed by atoms with Gasteiger partial charge in [-0.25, -0.2) is 4.98 Å². The molecule has 3 aromatic rings. The quantitative estimate of drug-likeness (QED) is 0.619. The van der Waals surface area contributed by atoms with E-state index in [0.717, 1.165) is 5.69 Å². The second-order valence-electron chi connectivity index (χ2n) is 6.65. The summed E-state index contributed by atoms with van der Waals surface area (Å²) in [6, 6.07) is 8.77. The predicted octanol–water partition coefficient (Wildman–Crippen LogP) is 3.92. The molecule has 2 amide bonds. The zero-order chi connectivity index (χ0) is 21.8. The van der Waals surface area contributed by atoms with Gasteiger partial charge in [-0.05, 0) is 31.2 Å². The molecule has 30 heavy (non-hydrogen) atoms. The summed E-state index contributed by atoms with van der Waals surface area (Å²) < 4.78 is 5.96. The van der Waals surface area contributed by atoms with E-state index in [0.29, 0.717) is 38.1 Å². The van der Waals surface area contributed by atoms with Crippen LogP contribution in [-0.4, -0.2) is 35.4 Å². The van der Waals surface area contributed by atoms with Crippen molar-refractivity contribution in [2.24, 2.45) is 0 Å². The Balaban J connectivity index is 1.85. The number of aromatic nitrogens is 2. The summed E-state index contributed by atoms with van der Waals surface area (Å²) in [4.78, 5) is 33.6. The predicted molar refractivity (Wildman–Crippen MR) is 117 cm³/mol. The number of fused-ring (bicyclic) bond motifs is 1. The zero-order valence-electron chi connectivity index (χ0n) is 16.7. The van der Waals surface area contributed by atoms with Gasteiger partial charge < -0.3 is 15.0 Å². The standard InChI is InChI=1S/C21H20Cl2N4O3/c1-12-9-25-16-5-4-6-18(21(16)26-12)30-11-14-15(22)7-8-17(20(14)23)27(3)19(29)10-24-13(2)28/h4-9H,10-11H2,1-3H3,(H,24,28). The van der Waals surface area contributed by atoms with Crippen molar-refractivity contribution in [3.63, 3.8) is 0 Å². The number of nitrogens with one attached hydrogen (secondary N) is 1. The molecule has 0 bridgehead atoms. The molecule has 0 fully saturated rings. The Morgan fingerprint density at radius 1 is 1.20 bits per heavy atom. The van der Waals surface area contributed by atoms with Gasteiger partial charge in [-0.3, -0.25) is 14.6 Å². The highest BCUT2D eigenvalue weighted by atomic mass is 35.5. The summed E-state index contributed by atoms with van der Waals surface area (Å²) in [5, 5.41) is 3.18. The van der Waals surface area contributed by atoms with Crippen LogP contribution < -0.4 is 15.0 Å². The van der Waals surface area contributed by atoms with E-state index in [1.807, 2.05) is 19.1 Å². The number of carbonyl (C=O) groups is 2. The van der Waals surface area contributed by atoms with E-state index >= 15 is 0 Å². The van der Waals surface area contributed by atoms with Crippen LogP contribution in [0.1, 0.15) is 18.2 Å². The lowest BCUT2D eigenvalue weighted by Crippen LogP contribution is -2.37. The van der Waals surface area contributed by atoms with Crippen LogP contribution in [0.5, 0.6) is 5.75 Å². The number of hydrogen-bond donors (Lipinski definition) is 1. The van der Waals surface area contributed by atoms with Crippen molar-refractivity contribution in [2.75, 3.05) is 18.5 Å². The fourth-order valence-corrected chi connectivity index (χ4v) is 3.40. The molecule has 0 spiro atoms. The van der Waals surface area contributed by atoms with E-state index in [9.17, 15) is 9.59 Å². The molecule has 0 atom stereocenters. The van der Waals surface area contributed by atoms with Crippen LogP contribution in [-0.2, 0) is 16.2 Å². The minimum Gasteiger partial charge on any atom is -0.486 e. The number of likely N-dealkylation sites (N-methyl/N-ethyl adjacent to an activating group) is 1. The van der Waals surface area contributed by atoms with Crippen LogP contribution in [0.15, 0.2) is 36.5 Å². The molecule has 0 aliphatic heterocycles. The molecule has 1 aromatic heterocycles. The molecule has 0 unspecified atom stereocenters. The van der Waals surface area contributed by atoms with Crippen molar-refractivity contribution >= 4 is 51.7 Å². The molecular weight excluding hydrogens is 427 g/mol. The van der Waals surface area contributed by atoms with Gasteiger partial charge in [-0.1, -0.05) is 29.3 Å². The molecule has 3 rings (SSSR count). The highest BCUT2D eigenvalue weighted by Crippen LogP contribution is 2.35. The second-order valence-corrected chi connectivity index (χ2v) is 7.43. The van der Waals surface area contributed by atoms with Crippen molar-refractivity contribution in [2.45, 2.75) is 20.5 Å². The highest BCUT2D eigenvalue weighted by Gasteiger charge is 2.19. The molecule has 1 heterocycles. The van der Waals surface area contributed by atoms with Crippen LogP contribution in [0.2, 0.25) is 10.0 Å². The van der Waals surface area contributed by atoms with E-state index in [1.165, 1.54) is 11.8 Å². The van der Waals surface area contributed by atoms with E-state index in [2.05, 4.69) is 15.3 Å². The third kappa shape index (κ3) is 4.80. The van der Waals surface area contributed by atoms with E-state index in [-0.39, 0.29) is 25.0 Å². The van der Waals surface area contributed by atoms with E-state index < -0.39 is 0 Å². The molecule has 0 saturated heterocycles. The maximum Gasteiger partial charge on any atom is 0.246 e. The summed E-state index contributed by atoms with van der Waals surface area (Å²) in [7, 11) is 1.58. The van der Waals surface area contributed by atoms with Gasteiger partial charge in [0.05, 0.1) is 28.5 Å². The van der Waals surface area contributed by atoms with Crippen LogP contribution >= 0.6 is 23.2 Å². The first-order valence-electron chi connectivity index (χ1n) is 9.11. The number of carbonyl (C=O) groups excluding carboxylic acids is 2. The van der Waals surface area contributed by atoms with Gasteiger partial charge in [-0.15, -0.1) is 0 Å². The molecule has 2 aromatic carbocycles. The summed E-state index contributed by atoms with van der Waals surface area (Å²) in [5.74, 6) is -0.0566. The number of ether oxygens (including phenoxy) is 1. The van der Waals surface area contributed by atoms with Crippen molar-refractivity contribution in [1.29, 1.82) is 0 Å².